The summed E-state index contributed by atoms with van der Waals surface area (Å²) >= 11 is 5.97. The van der Waals surface area contributed by atoms with Crippen LogP contribution in [0.1, 0.15) is 23.7 Å². The van der Waals surface area contributed by atoms with Gasteiger partial charge in [0.05, 0.1) is 11.4 Å². The lowest BCUT2D eigenvalue weighted by molar-refractivity contribution is -0.139. The topological polar surface area (TPSA) is 116 Å². The molecule has 2 aromatic carbocycles. The average Bonchev–Trinajstić information content (AvgIpc) is 2.74. The number of ketones is 1. The molecule has 3 rings (SSSR count). The molecule has 3 aromatic rings. The number of Topliss-reactive ketones (excluding diaryl/α,β-unsaturated/α-hetero) is 1. The van der Waals surface area contributed by atoms with Gasteiger partial charge in [-0.25, -0.2) is 0 Å². The largest absolute Gasteiger partial charge is 0.481 e. The van der Waals surface area contributed by atoms with Crippen molar-refractivity contribution < 1.29 is 14.7 Å². The van der Waals surface area contributed by atoms with Gasteiger partial charge in [0.1, 0.15) is 5.92 Å². The van der Waals surface area contributed by atoms with Gasteiger partial charge in [-0.05, 0) is 36.8 Å². The second kappa shape index (κ2) is 9.28. The van der Waals surface area contributed by atoms with Gasteiger partial charge < -0.3 is 15.8 Å². The predicted octanol–water partition coefficient (Wildman–Crippen LogP) is 4.85. The van der Waals surface area contributed by atoms with E-state index in [4.69, 9.17) is 22.1 Å². The first-order chi connectivity index (χ1) is 14.4. The Labute approximate surface area is 178 Å². The Bertz CT molecular complexity index is 1080. The van der Waals surface area contributed by atoms with Crippen LogP contribution in [-0.2, 0) is 4.79 Å². The highest BCUT2D eigenvalue weighted by atomic mass is 35.5. The summed E-state index contributed by atoms with van der Waals surface area (Å²) in [6, 6.07) is 17.3. The van der Waals surface area contributed by atoms with E-state index in [-0.39, 0.29) is 12.0 Å². The minimum atomic E-state index is -1.17. The fourth-order valence-corrected chi connectivity index (χ4v) is 3.07. The molecule has 0 aliphatic heterocycles. The van der Waals surface area contributed by atoms with E-state index in [9.17, 15) is 9.59 Å². The monoisotopic (exact) mass is 422 g/mol. The first-order valence-corrected chi connectivity index (χ1v) is 9.59. The average molecular weight is 423 g/mol. The second-order valence-corrected chi connectivity index (χ2v) is 6.99. The molecule has 7 nitrogen and oxygen atoms in total. The molecule has 8 heteroatoms. The maximum Gasteiger partial charge on any atom is 0.312 e. The summed E-state index contributed by atoms with van der Waals surface area (Å²) in [6.45, 7) is 1.63. The zero-order chi connectivity index (χ0) is 21.7. The summed E-state index contributed by atoms with van der Waals surface area (Å²) in [5.74, 6) is -2.32. The van der Waals surface area contributed by atoms with Crippen LogP contribution in [0, 0.1) is 11.3 Å². The molecule has 0 fully saturated rings. The fourth-order valence-electron chi connectivity index (χ4n) is 2.88. The van der Waals surface area contributed by atoms with Crippen LogP contribution in [0.4, 0.5) is 11.5 Å². The van der Waals surface area contributed by atoms with E-state index in [0.717, 1.165) is 11.3 Å². The lowest BCUT2D eigenvalue weighted by Gasteiger charge is -2.11. The van der Waals surface area contributed by atoms with E-state index in [0.29, 0.717) is 16.5 Å². The van der Waals surface area contributed by atoms with E-state index in [1.54, 1.807) is 55.5 Å². The number of halogens is 1. The molecular weight excluding hydrogens is 404 g/mol. The van der Waals surface area contributed by atoms with Crippen molar-refractivity contribution in [2.75, 3.05) is 5.32 Å². The van der Waals surface area contributed by atoms with E-state index in [1.807, 2.05) is 12.1 Å². The van der Waals surface area contributed by atoms with Crippen molar-refractivity contribution >= 4 is 40.6 Å². The van der Waals surface area contributed by atoms with Gasteiger partial charge >= 0.3 is 5.97 Å². The van der Waals surface area contributed by atoms with E-state index < -0.39 is 23.4 Å². The summed E-state index contributed by atoms with van der Waals surface area (Å²) in [7, 11) is 0. The molecule has 0 amide bonds. The molecular formula is C22H19ClN4O3. The first-order valence-electron chi connectivity index (χ1n) is 9.21. The minimum Gasteiger partial charge on any atom is -0.481 e. The van der Waals surface area contributed by atoms with Crippen LogP contribution in [0.15, 0.2) is 60.7 Å². The van der Waals surface area contributed by atoms with Gasteiger partial charge in [-0.3, -0.25) is 9.59 Å². The lowest BCUT2D eigenvalue weighted by Crippen LogP contribution is -2.29. The molecule has 1 aromatic heterocycles. The Morgan fingerprint density at radius 1 is 1.10 bits per heavy atom. The molecule has 152 valence electrons. The number of carbonyl (C=O) groups excluding carboxylic acids is 1. The summed E-state index contributed by atoms with van der Waals surface area (Å²) in [6.07, 6.45) is 0.184. The summed E-state index contributed by atoms with van der Waals surface area (Å²) < 4.78 is 0. The van der Waals surface area contributed by atoms with Crippen LogP contribution in [-0.4, -0.2) is 32.8 Å². The van der Waals surface area contributed by atoms with Crippen molar-refractivity contribution in [2.45, 2.75) is 13.3 Å². The number of nitrogens with zero attached hydrogens (tertiary/aromatic N) is 2. The quantitative estimate of drug-likeness (QED) is 0.353. The van der Waals surface area contributed by atoms with E-state index in [2.05, 4.69) is 15.5 Å². The number of aromatic nitrogens is 2. The number of hydrogen-bond donors (Lipinski definition) is 3. The molecule has 1 heterocycles. The number of nitrogens with one attached hydrogen (secondary N) is 2. The van der Waals surface area contributed by atoms with Crippen molar-refractivity contribution in [3.8, 4) is 11.3 Å². The van der Waals surface area contributed by atoms with Gasteiger partial charge in [0.2, 0.25) is 5.78 Å². The number of aliphatic carboxylic acids is 1. The molecule has 0 unspecified atom stereocenters. The number of carboxylic acids is 1. The highest BCUT2D eigenvalue weighted by Crippen LogP contribution is 2.22. The zero-order valence-electron chi connectivity index (χ0n) is 16.1. The van der Waals surface area contributed by atoms with Crippen molar-refractivity contribution in [3.05, 3.63) is 71.2 Å². The molecule has 0 aliphatic rings. The Kier molecular flexibility index (Phi) is 6.54. The van der Waals surface area contributed by atoms with E-state index >= 15 is 0 Å². The number of rotatable bonds is 8. The number of carboxylic acid groups (broad SMARTS) is 1. The number of carbonyl (C=O) groups is 2. The van der Waals surface area contributed by atoms with Crippen LogP contribution >= 0.6 is 11.6 Å². The van der Waals surface area contributed by atoms with Crippen molar-refractivity contribution in [3.63, 3.8) is 0 Å². The first kappa shape index (κ1) is 21.1. The summed E-state index contributed by atoms with van der Waals surface area (Å²) in [4.78, 5) is 23.6. The van der Waals surface area contributed by atoms with Gasteiger partial charge in [0.25, 0.3) is 0 Å². The Morgan fingerprint density at radius 3 is 2.40 bits per heavy atom. The number of hydrogen-bond acceptors (Lipinski definition) is 6. The Morgan fingerprint density at radius 2 is 1.83 bits per heavy atom. The van der Waals surface area contributed by atoms with Gasteiger partial charge in [-0.15, -0.1) is 10.2 Å². The van der Waals surface area contributed by atoms with Crippen molar-refractivity contribution in [2.24, 2.45) is 5.92 Å². The standard InChI is InChI=1S/C22H19ClN4O3/c1-2-17(22(29)30)20(24)21(28)14-8-6-13(7-9-14)18-10-11-19(27-26-18)25-16-5-3-4-15(23)12-16/h3-12,17,24H,2H2,1H3,(H,25,27)(H,29,30)/t17-/m0/s1. The third-order valence-electron chi connectivity index (χ3n) is 4.50. The Balaban J connectivity index is 1.72. The second-order valence-electron chi connectivity index (χ2n) is 6.56. The lowest BCUT2D eigenvalue weighted by atomic mass is 9.93. The van der Waals surface area contributed by atoms with Crippen LogP contribution in [0.5, 0.6) is 0 Å². The van der Waals surface area contributed by atoms with Gasteiger partial charge in [-0.1, -0.05) is 48.9 Å². The number of benzene rings is 2. The summed E-state index contributed by atoms with van der Waals surface area (Å²) in [5, 5.41) is 29.1. The fraction of sp³-hybridized carbons (Fsp3) is 0.136. The Hall–Kier alpha value is -3.58. The molecule has 0 spiro atoms. The third-order valence-corrected chi connectivity index (χ3v) is 4.74. The van der Waals surface area contributed by atoms with Crippen LogP contribution in [0.3, 0.4) is 0 Å². The molecule has 0 radical (unpaired) electrons. The maximum absolute atomic E-state index is 12.4. The van der Waals surface area contributed by atoms with Crippen molar-refractivity contribution in [1.82, 2.24) is 10.2 Å². The maximum atomic E-state index is 12.4. The van der Waals surface area contributed by atoms with Crippen LogP contribution < -0.4 is 5.32 Å². The van der Waals surface area contributed by atoms with Gasteiger partial charge in [0, 0.05) is 21.8 Å². The minimum absolute atomic E-state index is 0.184. The summed E-state index contributed by atoms with van der Waals surface area (Å²) in [5.41, 5.74) is 1.98. The highest BCUT2D eigenvalue weighted by Gasteiger charge is 2.26. The van der Waals surface area contributed by atoms with Gasteiger partial charge in [0.15, 0.2) is 5.82 Å². The highest BCUT2D eigenvalue weighted by molar-refractivity contribution is 6.47. The third kappa shape index (κ3) is 4.87. The van der Waals surface area contributed by atoms with E-state index in [1.165, 1.54) is 0 Å². The molecule has 1 atom stereocenters. The molecule has 0 saturated carbocycles. The molecule has 0 saturated heterocycles. The zero-order valence-corrected chi connectivity index (χ0v) is 16.8. The molecule has 0 aliphatic carbocycles. The normalized spacial score (nSPS) is 11.5. The molecule has 30 heavy (non-hydrogen) atoms. The SMILES string of the molecule is CC[C@@H](C(=N)C(=O)c1ccc(-c2ccc(Nc3cccc(Cl)c3)nn2)cc1)C(=O)O. The predicted molar refractivity (Wildman–Crippen MR) is 116 cm³/mol. The van der Waals surface area contributed by atoms with Crippen LogP contribution in [0.2, 0.25) is 5.02 Å². The molecule has 0 bridgehead atoms. The van der Waals surface area contributed by atoms with Crippen molar-refractivity contribution in [1.29, 1.82) is 5.41 Å². The van der Waals surface area contributed by atoms with Gasteiger partial charge in [-0.2, -0.15) is 0 Å². The molecule has 3 N–H and O–H groups in total. The smallest absolute Gasteiger partial charge is 0.312 e. The number of anilines is 2. The van der Waals surface area contributed by atoms with Crippen LogP contribution in [0.25, 0.3) is 11.3 Å².